The second-order valence-corrected chi connectivity index (χ2v) is 6.08. The standard InChI is InChI=1S/C19H20FN3O2/c20-13-7-5-12(6-8-13)15-11-16(15)19(25)23-17-4-2-1-3-14(17)18(24)22-10-9-21/h1-8,15-16H,9-11,21H2,(H,22,24)(H,23,25). The average molecular weight is 341 g/mol. The van der Waals surface area contributed by atoms with Crippen molar-refractivity contribution in [2.75, 3.05) is 18.4 Å². The van der Waals surface area contributed by atoms with E-state index in [1.165, 1.54) is 12.1 Å². The number of para-hydroxylation sites is 1. The smallest absolute Gasteiger partial charge is 0.253 e. The van der Waals surface area contributed by atoms with E-state index < -0.39 is 0 Å². The van der Waals surface area contributed by atoms with Crippen molar-refractivity contribution in [3.05, 3.63) is 65.5 Å². The second-order valence-electron chi connectivity index (χ2n) is 6.08. The van der Waals surface area contributed by atoms with Gasteiger partial charge in [-0.15, -0.1) is 0 Å². The predicted octanol–water partition coefficient (Wildman–Crippen LogP) is 2.26. The Bertz CT molecular complexity index is 776. The van der Waals surface area contributed by atoms with Crippen LogP contribution in [0.3, 0.4) is 0 Å². The molecular weight excluding hydrogens is 321 g/mol. The molecule has 0 aliphatic heterocycles. The lowest BCUT2D eigenvalue weighted by Gasteiger charge is -2.11. The maximum Gasteiger partial charge on any atom is 0.253 e. The maximum atomic E-state index is 13.0. The van der Waals surface area contributed by atoms with E-state index in [-0.39, 0.29) is 29.5 Å². The molecule has 2 aromatic carbocycles. The van der Waals surface area contributed by atoms with Crippen LogP contribution in [0.2, 0.25) is 0 Å². The van der Waals surface area contributed by atoms with Gasteiger partial charge in [0.05, 0.1) is 11.3 Å². The summed E-state index contributed by atoms with van der Waals surface area (Å²) < 4.78 is 13.0. The van der Waals surface area contributed by atoms with Gasteiger partial charge in [-0.05, 0) is 42.2 Å². The second kappa shape index (κ2) is 7.44. The first-order valence-corrected chi connectivity index (χ1v) is 8.23. The third-order valence-electron chi connectivity index (χ3n) is 4.28. The van der Waals surface area contributed by atoms with Gasteiger partial charge in [-0.3, -0.25) is 9.59 Å². The Balaban J connectivity index is 1.66. The average Bonchev–Trinajstić information content (AvgIpc) is 3.41. The van der Waals surface area contributed by atoms with Crippen LogP contribution in [0.4, 0.5) is 10.1 Å². The van der Waals surface area contributed by atoms with Crippen LogP contribution in [0, 0.1) is 11.7 Å². The highest BCUT2D eigenvalue weighted by molar-refractivity contribution is 6.04. The summed E-state index contributed by atoms with van der Waals surface area (Å²) in [5.41, 5.74) is 7.23. The molecule has 4 N–H and O–H groups in total. The van der Waals surface area contributed by atoms with E-state index in [0.29, 0.717) is 24.3 Å². The van der Waals surface area contributed by atoms with Crippen molar-refractivity contribution < 1.29 is 14.0 Å². The number of anilines is 1. The number of amides is 2. The maximum absolute atomic E-state index is 13.0. The van der Waals surface area contributed by atoms with E-state index in [2.05, 4.69) is 10.6 Å². The number of rotatable bonds is 6. The van der Waals surface area contributed by atoms with Gasteiger partial charge < -0.3 is 16.4 Å². The molecule has 1 aliphatic carbocycles. The summed E-state index contributed by atoms with van der Waals surface area (Å²) in [6.07, 6.45) is 0.721. The van der Waals surface area contributed by atoms with E-state index >= 15 is 0 Å². The Hall–Kier alpha value is -2.73. The third-order valence-corrected chi connectivity index (χ3v) is 4.28. The topological polar surface area (TPSA) is 84.2 Å². The van der Waals surface area contributed by atoms with E-state index in [0.717, 1.165) is 12.0 Å². The molecule has 5 nitrogen and oxygen atoms in total. The number of halogens is 1. The van der Waals surface area contributed by atoms with Crippen molar-refractivity contribution in [1.29, 1.82) is 0 Å². The molecule has 3 rings (SSSR count). The van der Waals surface area contributed by atoms with Crippen LogP contribution in [0.15, 0.2) is 48.5 Å². The normalized spacial score (nSPS) is 18.5. The van der Waals surface area contributed by atoms with E-state index in [1.807, 2.05) is 0 Å². The van der Waals surface area contributed by atoms with Crippen molar-refractivity contribution in [2.24, 2.45) is 11.7 Å². The first kappa shape index (κ1) is 17.1. The summed E-state index contributed by atoms with van der Waals surface area (Å²) >= 11 is 0. The minimum absolute atomic E-state index is 0.0961. The molecule has 0 spiro atoms. The first-order valence-electron chi connectivity index (χ1n) is 8.23. The quantitative estimate of drug-likeness (QED) is 0.753. The first-order chi connectivity index (χ1) is 12.1. The largest absolute Gasteiger partial charge is 0.351 e. The number of nitrogens with two attached hydrogens (primary N) is 1. The molecule has 1 fully saturated rings. The van der Waals surface area contributed by atoms with Gasteiger partial charge in [-0.2, -0.15) is 0 Å². The summed E-state index contributed by atoms with van der Waals surface area (Å²) in [7, 11) is 0. The van der Waals surface area contributed by atoms with Crippen molar-refractivity contribution >= 4 is 17.5 Å². The Morgan fingerprint density at radius 3 is 2.56 bits per heavy atom. The number of nitrogens with one attached hydrogen (secondary N) is 2. The molecule has 0 heterocycles. The van der Waals surface area contributed by atoms with E-state index in [4.69, 9.17) is 5.73 Å². The number of hydrogen-bond acceptors (Lipinski definition) is 3. The molecular formula is C19H20FN3O2. The lowest BCUT2D eigenvalue weighted by atomic mass is 10.1. The molecule has 2 amide bonds. The summed E-state index contributed by atoms with van der Waals surface area (Å²) in [6, 6.07) is 13.1. The zero-order valence-electron chi connectivity index (χ0n) is 13.7. The van der Waals surface area contributed by atoms with Gasteiger partial charge in [0.1, 0.15) is 5.82 Å². The predicted molar refractivity (Wildman–Crippen MR) is 93.7 cm³/mol. The van der Waals surface area contributed by atoms with Gasteiger partial charge in [0, 0.05) is 19.0 Å². The summed E-state index contributed by atoms with van der Waals surface area (Å²) in [5.74, 6) is -0.757. The summed E-state index contributed by atoms with van der Waals surface area (Å²) in [6.45, 7) is 0.720. The molecule has 1 aliphatic rings. The molecule has 2 aromatic rings. The van der Waals surface area contributed by atoms with Gasteiger partial charge in [0.15, 0.2) is 0 Å². The van der Waals surface area contributed by atoms with Crippen molar-refractivity contribution in [2.45, 2.75) is 12.3 Å². The Morgan fingerprint density at radius 2 is 1.84 bits per heavy atom. The molecule has 0 saturated heterocycles. The van der Waals surface area contributed by atoms with Crippen molar-refractivity contribution in [1.82, 2.24) is 5.32 Å². The van der Waals surface area contributed by atoms with Crippen LogP contribution in [0.5, 0.6) is 0 Å². The molecule has 0 aromatic heterocycles. The highest BCUT2D eigenvalue weighted by Gasteiger charge is 2.44. The van der Waals surface area contributed by atoms with Crippen LogP contribution < -0.4 is 16.4 Å². The van der Waals surface area contributed by atoms with Gasteiger partial charge >= 0.3 is 0 Å². The minimum atomic E-state index is -0.289. The van der Waals surface area contributed by atoms with Crippen LogP contribution in [0.1, 0.15) is 28.3 Å². The zero-order valence-corrected chi connectivity index (χ0v) is 13.7. The molecule has 0 bridgehead atoms. The minimum Gasteiger partial charge on any atom is -0.351 e. The fraction of sp³-hybridized carbons (Fsp3) is 0.263. The van der Waals surface area contributed by atoms with Crippen LogP contribution in [0.25, 0.3) is 0 Å². The number of hydrogen-bond donors (Lipinski definition) is 3. The molecule has 25 heavy (non-hydrogen) atoms. The SMILES string of the molecule is NCCNC(=O)c1ccccc1NC(=O)C1CC1c1ccc(F)cc1. The third kappa shape index (κ3) is 4.03. The van der Waals surface area contributed by atoms with Crippen LogP contribution >= 0.6 is 0 Å². The Morgan fingerprint density at radius 1 is 1.12 bits per heavy atom. The number of benzene rings is 2. The molecule has 2 atom stereocenters. The van der Waals surface area contributed by atoms with Gasteiger partial charge in [0.25, 0.3) is 5.91 Å². The monoisotopic (exact) mass is 341 g/mol. The van der Waals surface area contributed by atoms with E-state index in [1.54, 1.807) is 36.4 Å². The van der Waals surface area contributed by atoms with Gasteiger partial charge in [0.2, 0.25) is 5.91 Å². The lowest BCUT2D eigenvalue weighted by molar-refractivity contribution is -0.117. The van der Waals surface area contributed by atoms with Crippen LogP contribution in [-0.4, -0.2) is 24.9 Å². The highest BCUT2D eigenvalue weighted by Crippen LogP contribution is 2.48. The van der Waals surface area contributed by atoms with Gasteiger partial charge in [-0.25, -0.2) is 4.39 Å². The molecule has 130 valence electrons. The lowest BCUT2D eigenvalue weighted by Crippen LogP contribution is -2.30. The van der Waals surface area contributed by atoms with E-state index in [9.17, 15) is 14.0 Å². The summed E-state index contributed by atoms with van der Waals surface area (Å²) in [5, 5.41) is 5.53. The van der Waals surface area contributed by atoms with Crippen molar-refractivity contribution in [3.8, 4) is 0 Å². The molecule has 1 saturated carbocycles. The highest BCUT2D eigenvalue weighted by atomic mass is 19.1. The zero-order chi connectivity index (χ0) is 17.8. The fourth-order valence-electron chi connectivity index (χ4n) is 2.86. The Labute approximate surface area is 145 Å². The molecule has 6 heteroatoms. The van der Waals surface area contributed by atoms with Gasteiger partial charge in [-0.1, -0.05) is 24.3 Å². The molecule has 2 unspecified atom stereocenters. The fourth-order valence-corrected chi connectivity index (χ4v) is 2.86. The van der Waals surface area contributed by atoms with Crippen molar-refractivity contribution in [3.63, 3.8) is 0 Å². The summed E-state index contributed by atoms with van der Waals surface area (Å²) in [4.78, 5) is 24.6. The van der Waals surface area contributed by atoms with Crippen LogP contribution in [-0.2, 0) is 4.79 Å². The molecule has 0 radical (unpaired) electrons. The number of carbonyl (C=O) groups excluding carboxylic acids is 2. The number of carbonyl (C=O) groups is 2. The Kier molecular flexibility index (Phi) is 5.09.